The first-order chi connectivity index (χ1) is 10.8. The smallest absolute Gasteiger partial charge is 0.407 e. The molecular formula is C18H27ClN2O2. The first-order valence-electron chi connectivity index (χ1n) is 8.25. The van der Waals surface area contributed by atoms with Crippen molar-refractivity contribution in [2.24, 2.45) is 5.92 Å². The zero-order valence-electron chi connectivity index (χ0n) is 14.3. The molecule has 1 atom stereocenters. The van der Waals surface area contributed by atoms with Gasteiger partial charge in [-0.3, -0.25) is 4.90 Å². The number of amides is 1. The van der Waals surface area contributed by atoms with E-state index in [4.69, 9.17) is 16.3 Å². The molecule has 0 spiro atoms. The van der Waals surface area contributed by atoms with Crippen molar-refractivity contribution in [3.05, 3.63) is 34.9 Å². The number of carbonyl (C=O) groups excluding carboxylic acids is 1. The number of halogens is 1. The number of carbonyl (C=O) groups is 1. The van der Waals surface area contributed by atoms with E-state index in [1.165, 1.54) is 12.0 Å². The third-order valence-corrected chi connectivity index (χ3v) is 4.12. The fraction of sp³-hybridized carbons (Fsp3) is 0.611. The molecule has 1 N–H and O–H groups in total. The Bertz CT molecular complexity index is 528. The zero-order chi connectivity index (χ0) is 16.9. The van der Waals surface area contributed by atoms with Crippen LogP contribution in [0, 0.1) is 5.92 Å². The maximum atomic E-state index is 11.6. The molecule has 1 fully saturated rings. The second-order valence-electron chi connectivity index (χ2n) is 7.24. The van der Waals surface area contributed by atoms with Gasteiger partial charge in [-0.2, -0.15) is 0 Å². The minimum Gasteiger partial charge on any atom is -0.444 e. The maximum Gasteiger partial charge on any atom is 0.407 e. The summed E-state index contributed by atoms with van der Waals surface area (Å²) in [7, 11) is 0. The van der Waals surface area contributed by atoms with Crippen LogP contribution in [-0.2, 0) is 11.3 Å². The Hall–Kier alpha value is -1.26. The molecule has 1 heterocycles. The van der Waals surface area contributed by atoms with Crippen LogP contribution in [0.15, 0.2) is 24.3 Å². The van der Waals surface area contributed by atoms with Gasteiger partial charge in [0, 0.05) is 24.7 Å². The number of ether oxygens (including phenoxy) is 1. The minimum atomic E-state index is -0.439. The summed E-state index contributed by atoms with van der Waals surface area (Å²) < 4.78 is 5.24. The van der Waals surface area contributed by atoms with Gasteiger partial charge in [-0.05, 0) is 63.8 Å². The molecular weight excluding hydrogens is 312 g/mol. The van der Waals surface area contributed by atoms with Gasteiger partial charge in [-0.15, -0.1) is 0 Å². The van der Waals surface area contributed by atoms with E-state index in [-0.39, 0.29) is 6.09 Å². The van der Waals surface area contributed by atoms with E-state index >= 15 is 0 Å². The zero-order valence-corrected chi connectivity index (χ0v) is 15.0. The summed E-state index contributed by atoms with van der Waals surface area (Å²) in [5, 5.41) is 3.63. The Labute approximate surface area is 144 Å². The topological polar surface area (TPSA) is 41.6 Å². The van der Waals surface area contributed by atoms with Gasteiger partial charge in [-0.25, -0.2) is 4.79 Å². The number of hydrogen-bond donors (Lipinski definition) is 1. The van der Waals surface area contributed by atoms with Crippen molar-refractivity contribution >= 4 is 17.7 Å². The number of nitrogens with one attached hydrogen (secondary N) is 1. The van der Waals surface area contributed by atoms with Gasteiger partial charge < -0.3 is 10.1 Å². The molecule has 1 amide bonds. The number of nitrogens with zero attached hydrogens (tertiary/aromatic N) is 1. The summed E-state index contributed by atoms with van der Waals surface area (Å²) in [4.78, 5) is 14.1. The van der Waals surface area contributed by atoms with E-state index in [1.807, 2.05) is 39.0 Å². The number of likely N-dealkylation sites (tertiary alicyclic amines) is 1. The second-order valence-corrected chi connectivity index (χ2v) is 7.67. The highest BCUT2D eigenvalue weighted by atomic mass is 35.5. The molecule has 2 rings (SSSR count). The normalized spacial score (nSPS) is 18.9. The van der Waals surface area contributed by atoms with Crippen LogP contribution in [0.2, 0.25) is 5.02 Å². The van der Waals surface area contributed by atoms with Gasteiger partial charge in [-0.1, -0.05) is 23.7 Å². The molecule has 4 nitrogen and oxygen atoms in total. The highest BCUT2D eigenvalue weighted by Gasteiger charge is 2.23. The molecule has 1 aromatic carbocycles. The van der Waals surface area contributed by atoms with E-state index in [9.17, 15) is 4.79 Å². The third kappa shape index (κ3) is 6.80. The van der Waals surface area contributed by atoms with Crippen LogP contribution >= 0.6 is 11.6 Å². The maximum absolute atomic E-state index is 11.6. The number of alkyl carbamates (subject to hydrolysis) is 1. The Morgan fingerprint density at radius 1 is 1.43 bits per heavy atom. The third-order valence-electron chi connectivity index (χ3n) is 3.89. The molecule has 0 bridgehead atoms. The standard InChI is InChI=1S/C18H27ClN2O2/c1-18(2,3)23-17(22)20-9-7-14-8-10-21(12-14)13-15-5-4-6-16(19)11-15/h4-6,11,14H,7-10,12-13H2,1-3H3,(H,20,22). The molecule has 23 heavy (non-hydrogen) atoms. The lowest BCUT2D eigenvalue weighted by molar-refractivity contribution is 0.0525. The summed E-state index contributed by atoms with van der Waals surface area (Å²) in [5.41, 5.74) is 0.815. The van der Waals surface area contributed by atoms with Gasteiger partial charge in [0.1, 0.15) is 5.60 Å². The van der Waals surface area contributed by atoms with E-state index < -0.39 is 5.60 Å². The lowest BCUT2D eigenvalue weighted by Gasteiger charge is -2.20. The average Bonchev–Trinajstić information content (AvgIpc) is 2.84. The van der Waals surface area contributed by atoms with Crippen molar-refractivity contribution < 1.29 is 9.53 Å². The first-order valence-corrected chi connectivity index (χ1v) is 8.63. The van der Waals surface area contributed by atoms with E-state index in [0.29, 0.717) is 12.5 Å². The molecule has 1 aromatic rings. The Morgan fingerprint density at radius 2 is 2.22 bits per heavy atom. The van der Waals surface area contributed by atoms with Gasteiger partial charge in [0.25, 0.3) is 0 Å². The van der Waals surface area contributed by atoms with Crippen molar-refractivity contribution in [3.63, 3.8) is 0 Å². The van der Waals surface area contributed by atoms with Gasteiger partial charge in [0.15, 0.2) is 0 Å². The average molecular weight is 339 g/mol. The number of hydrogen-bond acceptors (Lipinski definition) is 3. The monoisotopic (exact) mass is 338 g/mol. The molecule has 1 unspecified atom stereocenters. The fourth-order valence-corrected chi connectivity index (χ4v) is 3.09. The molecule has 1 aliphatic heterocycles. The van der Waals surface area contributed by atoms with Crippen molar-refractivity contribution in [3.8, 4) is 0 Å². The molecule has 0 aromatic heterocycles. The summed E-state index contributed by atoms with van der Waals surface area (Å²) >= 11 is 6.03. The number of benzene rings is 1. The van der Waals surface area contributed by atoms with Crippen LogP contribution in [0.5, 0.6) is 0 Å². The fourth-order valence-electron chi connectivity index (χ4n) is 2.88. The van der Waals surface area contributed by atoms with Crippen molar-refractivity contribution in [1.82, 2.24) is 10.2 Å². The van der Waals surface area contributed by atoms with Crippen LogP contribution in [0.1, 0.15) is 39.2 Å². The van der Waals surface area contributed by atoms with Crippen LogP contribution in [-0.4, -0.2) is 36.2 Å². The van der Waals surface area contributed by atoms with Crippen molar-refractivity contribution in [2.45, 2.75) is 45.8 Å². The molecule has 5 heteroatoms. The Morgan fingerprint density at radius 3 is 2.91 bits per heavy atom. The summed E-state index contributed by atoms with van der Waals surface area (Å²) in [5.74, 6) is 0.629. The van der Waals surface area contributed by atoms with Crippen LogP contribution in [0.3, 0.4) is 0 Å². The molecule has 1 aliphatic rings. The lowest BCUT2D eigenvalue weighted by atomic mass is 10.1. The first kappa shape index (κ1) is 18.1. The second kappa shape index (κ2) is 8.02. The summed E-state index contributed by atoms with van der Waals surface area (Å²) in [6.45, 7) is 9.40. The summed E-state index contributed by atoms with van der Waals surface area (Å²) in [6, 6.07) is 8.04. The van der Waals surface area contributed by atoms with E-state index in [2.05, 4.69) is 16.3 Å². The van der Waals surface area contributed by atoms with Gasteiger partial charge >= 0.3 is 6.09 Å². The summed E-state index contributed by atoms with van der Waals surface area (Å²) in [6.07, 6.45) is 1.84. The predicted octanol–water partition coefficient (Wildman–Crippen LogP) is 4.08. The van der Waals surface area contributed by atoms with Gasteiger partial charge in [0.05, 0.1) is 0 Å². The minimum absolute atomic E-state index is 0.328. The predicted molar refractivity (Wildman–Crippen MR) is 93.7 cm³/mol. The largest absolute Gasteiger partial charge is 0.444 e. The molecule has 0 radical (unpaired) electrons. The molecule has 128 valence electrons. The van der Waals surface area contributed by atoms with E-state index in [1.54, 1.807) is 0 Å². The van der Waals surface area contributed by atoms with E-state index in [0.717, 1.165) is 31.1 Å². The Kier molecular flexibility index (Phi) is 6.31. The molecule has 0 saturated carbocycles. The van der Waals surface area contributed by atoms with Gasteiger partial charge in [0.2, 0.25) is 0 Å². The lowest BCUT2D eigenvalue weighted by Crippen LogP contribution is -2.33. The molecule has 0 aliphatic carbocycles. The van der Waals surface area contributed by atoms with Crippen LogP contribution < -0.4 is 5.32 Å². The highest BCUT2D eigenvalue weighted by Crippen LogP contribution is 2.22. The highest BCUT2D eigenvalue weighted by molar-refractivity contribution is 6.30. The van der Waals surface area contributed by atoms with Crippen LogP contribution in [0.25, 0.3) is 0 Å². The number of rotatable bonds is 5. The van der Waals surface area contributed by atoms with Crippen molar-refractivity contribution in [1.29, 1.82) is 0 Å². The van der Waals surface area contributed by atoms with Crippen LogP contribution in [0.4, 0.5) is 4.79 Å². The SMILES string of the molecule is CC(C)(C)OC(=O)NCCC1CCN(Cc2cccc(Cl)c2)C1. The van der Waals surface area contributed by atoms with Crippen molar-refractivity contribution in [2.75, 3.05) is 19.6 Å². The molecule has 1 saturated heterocycles. The quantitative estimate of drug-likeness (QED) is 0.879. The Balaban J connectivity index is 1.66.